The van der Waals surface area contributed by atoms with Crippen LogP contribution in [0, 0.1) is 0 Å². The number of benzene rings is 8. The van der Waals surface area contributed by atoms with E-state index in [0.29, 0.717) is 0 Å². The average Bonchev–Trinajstić information content (AvgIpc) is 3.86. The lowest BCUT2D eigenvalue weighted by Gasteiger charge is -2.11. The molecule has 3 aromatic heterocycles. The van der Waals surface area contributed by atoms with Crippen LogP contribution in [0.3, 0.4) is 0 Å². The molecule has 11 aromatic rings. The van der Waals surface area contributed by atoms with E-state index in [1.165, 1.54) is 71.6 Å². The van der Waals surface area contributed by atoms with Gasteiger partial charge in [-0.25, -0.2) is 0 Å². The molecular formula is C48H30N2O. The van der Waals surface area contributed by atoms with Crippen LogP contribution in [0.25, 0.3) is 99.2 Å². The van der Waals surface area contributed by atoms with Crippen molar-refractivity contribution in [2.45, 2.75) is 0 Å². The second-order valence-electron chi connectivity index (χ2n) is 13.3. The standard InChI is InChI=1S/C48H30N2O/c1-3-11-31(12-4-1)32-19-23-36(24-20-32)50-44-27-22-34(30-41(44)38-25-28-46-47(48(38)50)39-16-8-10-18-45(39)51-46)33-21-26-43-40(29-33)37-15-7-9-17-42(37)49(43)35-13-5-2-6-14-35/h1-30H. The lowest BCUT2D eigenvalue weighted by molar-refractivity contribution is 0.669. The minimum absolute atomic E-state index is 0.897. The van der Waals surface area contributed by atoms with Crippen molar-refractivity contribution in [2.24, 2.45) is 0 Å². The summed E-state index contributed by atoms with van der Waals surface area (Å²) in [4.78, 5) is 0. The van der Waals surface area contributed by atoms with Gasteiger partial charge in [-0.1, -0.05) is 109 Å². The van der Waals surface area contributed by atoms with E-state index in [9.17, 15) is 0 Å². The summed E-state index contributed by atoms with van der Waals surface area (Å²) < 4.78 is 11.2. The van der Waals surface area contributed by atoms with E-state index in [2.05, 4.69) is 185 Å². The van der Waals surface area contributed by atoms with Gasteiger partial charge >= 0.3 is 0 Å². The van der Waals surface area contributed by atoms with Crippen LogP contribution in [-0.4, -0.2) is 9.13 Å². The molecule has 0 atom stereocenters. The van der Waals surface area contributed by atoms with E-state index in [-0.39, 0.29) is 0 Å². The fraction of sp³-hybridized carbons (Fsp3) is 0. The Balaban J connectivity index is 1.15. The Hall–Kier alpha value is -6.84. The number of aromatic nitrogens is 2. The zero-order chi connectivity index (χ0) is 33.5. The molecule has 0 bridgehead atoms. The predicted octanol–water partition coefficient (Wildman–Crippen LogP) is 13.1. The second kappa shape index (κ2) is 10.8. The fourth-order valence-electron chi connectivity index (χ4n) is 8.20. The summed E-state index contributed by atoms with van der Waals surface area (Å²) in [6.45, 7) is 0. The first kappa shape index (κ1) is 28.0. The maximum Gasteiger partial charge on any atom is 0.137 e. The van der Waals surface area contributed by atoms with Gasteiger partial charge in [-0.3, -0.25) is 0 Å². The quantitative estimate of drug-likeness (QED) is 0.186. The number of para-hydroxylation sites is 3. The minimum Gasteiger partial charge on any atom is -0.456 e. The Morgan fingerprint density at radius 1 is 0.314 bits per heavy atom. The van der Waals surface area contributed by atoms with Crippen molar-refractivity contribution in [1.29, 1.82) is 0 Å². The van der Waals surface area contributed by atoms with Crippen LogP contribution in [0.15, 0.2) is 186 Å². The number of nitrogens with zero attached hydrogens (tertiary/aromatic N) is 2. The molecule has 0 saturated heterocycles. The highest BCUT2D eigenvalue weighted by Gasteiger charge is 2.20. The minimum atomic E-state index is 0.897. The lowest BCUT2D eigenvalue weighted by atomic mass is 10.00. The third-order valence-electron chi connectivity index (χ3n) is 10.5. The Bertz CT molecular complexity index is 3110. The van der Waals surface area contributed by atoms with E-state index < -0.39 is 0 Å². The first-order valence-corrected chi connectivity index (χ1v) is 17.4. The van der Waals surface area contributed by atoms with Crippen LogP contribution in [0.2, 0.25) is 0 Å². The highest BCUT2D eigenvalue weighted by atomic mass is 16.3. The zero-order valence-electron chi connectivity index (χ0n) is 27.6. The molecule has 0 radical (unpaired) electrons. The van der Waals surface area contributed by atoms with Crippen molar-refractivity contribution in [3.05, 3.63) is 182 Å². The van der Waals surface area contributed by atoms with Gasteiger partial charge in [-0.05, 0) is 95.1 Å². The van der Waals surface area contributed by atoms with E-state index in [1.54, 1.807) is 0 Å². The molecule has 8 aromatic carbocycles. The first-order chi connectivity index (χ1) is 25.3. The highest BCUT2D eigenvalue weighted by molar-refractivity contribution is 6.25. The molecule has 3 heteroatoms. The molecule has 0 fully saturated rings. The van der Waals surface area contributed by atoms with Crippen LogP contribution >= 0.6 is 0 Å². The largest absolute Gasteiger partial charge is 0.456 e. The molecule has 51 heavy (non-hydrogen) atoms. The third kappa shape index (κ3) is 4.19. The van der Waals surface area contributed by atoms with Gasteiger partial charge in [0.2, 0.25) is 0 Å². The van der Waals surface area contributed by atoms with Crippen molar-refractivity contribution in [3.63, 3.8) is 0 Å². The normalized spacial score (nSPS) is 11.9. The van der Waals surface area contributed by atoms with E-state index >= 15 is 0 Å². The molecule has 0 amide bonds. The number of fused-ring (bicyclic) bond motifs is 10. The van der Waals surface area contributed by atoms with Gasteiger partial charge in [0.25, 0.3) is 0 Å². The summed E-state index contributed by atoms with van der Waals surface area (Å²) in [6, 6.07) is 65.5. The molecule has 0 spiro atoms. The average molecular weight is 651 g/mol. The van der Waals surface area contributed by atoms with Crippen LogP contribution < -0.4 is 0 Å². The molecule has 0 unspecified atom stereocenters. The Labute approximate surface area is 293 Å². The van der Waals surface area contributed by atoms with Crippen molar-refractivity contribution in [3.8, 4) is 33.6 Å². The van der Waals surface area contributed by atoms with Crippen LogP contribution in [0.4, 0.5) is 0 Å². The number of hydrogen-bond donors (Lipinski definition) is 0. The van der Waals surface area contributed by atoms with Gasteiger partial charge in [0.1, 0.15) is 11.2 Å². The molecule has 0 saturated carbocycles. The van der Waals surface area contributed by atoms with Crippen LogP contribution in [0.1, 0.15) is 0 Å². The summed E-state index contributed by atoms with van der Waals surface area (Å²) in [6.07, 6.45) is 0. The zero-order valence-corrected chi connectivity index (χ0v) is 27.6. The molecule has 0 N–H and O–H groups in total. The Morgan fingerprint density at radius 3 is 1.63 bits per heavy atom. The van der Waals surface area contributed by atoms with E-state index in [1.807, 2.05) is 6.07 Å². The molecule has 3 nitrogen and oxygen atoms in total. The van der Waals surface area contributed by atoms with Gasteiger partial charge in [-0.15, -0.1) is 0 Å². The molecule has 11 rings (SSSR count). The van der Waals surface area contributed by atoms with Gasteiger partial charge in [0.15, 0.2) is 0 Å². The van der Waals surface area contributed by atoms with Crippen molar-refractivity contribution < 1.29 is 4.42 Å². The van der Waals surface area contributed by atoms with Crippen molar-refractivity contribution in [2.75, 3.05) is 0 Å². The Kier molecular flexibility index (Phi) is 5.96. The SMILES string of the molecule is c1ccc(-c2ccc(-n3c4ccc(-c5ccc6c(c5)c5ccccc5n6-c5ccccc5)cc4c4ccc5oc6ccccc6c5c43)cc2)cc1. The molecule has 3 heterocycles. The summed E-state index contributed by atoms with van der Waals surface area (Å²) in [5.41, 5.74) is 13.6. The van der Waals surface area contributed by atoms with E-state index in [0.717, 1.165) is 27.6 Å². The number of rotatable bonds is 4. The van der Waals surface area contributed by atoms with Crippen LogP contribution in [-0.2, 0) is 0 Å². The predicted molar refractivity (Wildman–Crippen MR) is 213 cm³/mol. The van der Waals surface area contributed by atoms with Gasteiger partial charge in [-0.2, -0.15) is 0 Å². The summed E-state index contributed by atoms with van der Waals surface area (Å²) in [5.74, 6) is 0. The fourth-order valence-corrected chi connectivity index (χ4v) is 8.20. The van der Waals surface area contributed by atoms with Crippen LogP contribution in [0.5, 0.6) is 0 Å². The summed E-state index contributed by atoms with van der Waals surface area (Å²) >= 11 is 0. The van der Waals surface area contributed by atoms with Crippen molar-refractivity contribution in [1.82, 2.24) is 9.13 Å². The Morgan fingerprint density at radius 2 is 0.863 bits per heavy atom. The van der Waals surface area contributed by atoms with Gasteiger partial charge < -0.3 is 13.6 Å². The molecule has 238 valence electrons. The maximum atomic E-state index is 6.41. The first-order valence-electron chi connectivity index (χ1n) is 17.4. The lowest BCUT2D eigenvalue weighted by Crippen LogP contribution is -1.94. The molecule has 0 aliphatic rings. The summed E-state index contributed by atoms with van der Waals surface area (Å²) in [5, 5.41) is 7.20. The summed E-state index contributed by atoms with van der Waals surface area (Å²) in [7, 11) is 0. The second-order valence-corrected chi connectivity index (χ2v) is 13.3. The molecule has 0 aliphatic carbocycles. The van der Waals surface area contributed by atoms with Gasteiger partial charge in [0, 0.05) is 38.3 Å². The highest BCUT2D eigenvalue weighted by Crippen LogP contribution is 2.43. The maximum absolute atomic E-state index is 6.41. The topological polar surface area (TPSA) is 23.0 Å². The monoisotopic (exact) mass is 650 g/mol. The third-order valence-corrected chi connectivity index (χ3v) is 10.5. The number of hydrogen-bond acceptors (Lipinski definition) is 1. The van der Waals surface area contributed by atoms with Gasteiger partial charge in [0.05, 0.1) is 27.5 Å². The molecule has 0 aliphatic heterocycles. The van der Waals surface area contributed by atoms with Crippen molar-refractivity contribution >= 4 is 65.6 Å². The van der Waals surface area contributed by atoms with E-state index in [4.69, 9.17) is 4.42 Å². The smallest absolute Gasteiger partial charge is 0.137 e. The molecular weight excluding hydrogens is 621 g/mol. The number of furan rings is 1.